The summed E-state index contributed by atoms with van der Waals surface area (Å²) >= 11 is 6.34. The molecule has 1 aliphatic heterocycles. The van der Waals surface area contributed by atoms with Crippen LogP contribution in [0.4, 0.5) is 4.79 Å². The first-order valence-electron chi connectivity index (χ1n) is 5.17. The molecule has 1 aliphatic rings. The van der Waals surface area contributed by atoms with Gasteiger partial charge in [0.1, 0.15) is 6.04 Å². The lowest BCUT2D eigenvalue weighted by Crippen LogP contribution is -2.46. The van der Waals surface area contributed by atoms with E-state index < -0.39 is 12.0 Å². The van der Waals surface area contributed by atoms with Crippen molar-refractivity contribution in [3.05, 3.63) is 20.8 Å². The van der Waals surface area contributed by atoms with Crippen LogP contribution < -0.4 is 5.32 Å². The van der Waals surface area contributed by atoms with Crippen LogP contribution in [0.25, 0.3) is 0 Å². The molecule has 0 aromatic carbocycles. The lowest BCUT2D eigenvalue weighted by atomic mass is 10.3. The number of thiophene rings is 1. The summed E-state index contributed by atoms with van der Waals surface area (Å²) in [5.74, 6) is -0.0708. The SMILES string of the molecule is O=C(O)[C@@H]1CSCN1C(=O)NCc1ccc(Br)s1. The van der Waals surface area contributed by atoms with Gasteiger partial charge in [-0.3, -0.25) is 0 Å². The van der Waals surface area contributed by atoms with Crippen LogP contribution in [0.1, 0.15) is 4.88 Å². The van der Waals surface area contributed by atoms with Crippen LogP contribution in [0.15, 0.2) is 15.9 Å². The van der Waals surface area contributed by atoms with E-state index in [1.165, 1.54) is 16.7 Å². The van der Waals surface area contributed by atoms with Crippen molar-refractivity contribution in [3.63, 3.8) is 0 Å². The number of thioether (sulfide) groups is 1. The first-order valence-corrected chi connectivity index (χ1v) is 7.93. The Kier molecular flexibility index (Phi) is 4.52. The maximum Gasteiger partial charge on any atom is 0.327 e. The van der Waals surface area contributed by atoms with Gasteiger partial charge in [0.25, 0.3) is 0 Å². The Hall–Kier alpha value is -0.730. The molecule has 1 atom stereocenters. The molecule has 98 valence electrons. The number of carboxylic acid groups (broad SMARTS) is 1. The summed E-state index contributed by atoms with van der Waals surface area (Å²) < 4.78 is 1.01. The first kappa shape index (κ1) is 13.7. The van der Waals surface area contributed by atoms with Gasteiger partial charge in [-0.1, -0.05) is 0 Å². The second kappa shape index (κ2) is 5.94. The van der Waals surface area contributed by atoms with Gasteiger partial charge in [0.2, 0.25) is 0 Å². The molecule has 5 nitrogen and oxygen atoms in total. The Balaban J connectivity index is 1.89. The third kappa shape index (κ3) is 3.18. The lowest BCUT2D eigenvalue weighted by molar-refractivity contribution is -0.140. The normalized spacial score (nSPS) is 18.9. The number of amides is 2. The summed E-state index contributed by atoms with van der Waals surface area (Å²) in [6.45, 7) is 0.419. The molecule has 0 radical (unpaired) electrons. The number of nitrogens with one attached hydrogen (secondary N) is 1. The molecule has 2 N–H and O–H groups in total. The van der Waals surface area contributed by atoms with Gasteiger partial charge in [0, 0.05) is 10.6 Å². The second-order valence-corrected chi connectivity index (χ2v) is 7.24. The Morgan fingerprint density at radius 2 is 2.33 bits per heavy atom. The smallest absolute Gasteiger partial charge is 0.327 e. The number of halogens is 1. The van der Waals surface area contributed by atoms with Gasteiger partial charge in [0.15, 0.2) is 0 Å². The number of urea groups is 1. The number of carbonyl (C=O) groups excluding carboxylic acids is 1. The minimum Gasteiger partial charge on any atom is -0.480 e. The molecule has 0 bridgehead atoms. The molecule has 1 aromatic rings. The molecular formula is C10H11BrN2O3S2. The molecule has 8 heteroatoms. The maximum absolute atomic E-state index is 11.9. The minimum atomic E-state index is -0.950. The summed E-state index contributed by atoms with van der Waals surface area (Å²) in [5.41, 5.74) is 0. The van der Waals surface area contributed by atoms with E-state index in [9.17, 15) is 9.59 Å². The molecule has 0 aliphatic carbocycles. The highest BCUT2D eigenvalue weighted by Gasteiger charge is 2.34. The summed E-state index contributed by atoms with van der Waals surface area (Å²) in [5, 5.41) is 11.7. The lowest BCUT2D eigenvalue weighted by Gasteiger charge is -2.20. The van der Waals surface area contributed by atoms with E-state index in [1.807, 2.05) is 12.1 Å². The number of carbonyl (C=O) groups is 2. The molecule has 2 rings (SSSR count). The number of hydrogen-bond acceptors (Lipinski definition) is 4. The highest BCUT2D eigenvalue weighted by Crippen LogP contribution is 2.23. The average Bonchev–Trinajstić information content (AvgIpc) is 2.94. The van der Waals surface area contributed by atoms with E-state index in [4.69, 9.17) is 5.11 Å². The van der Waals surface area contributed by atoms with Gasteiger partial charge in [-0.15, -0.1) is 23.1 Å². The van der Waals surface area contributed by atoms with Crippen LogP contribution in [0.5, 0.6) is 0 Å². The van der Waals surface area contributed by atoms with E-state index in [1.54, 1.807) is 11.3 Å². The van der Waals surface area contributed by atoms with Crippen molar-refractivity contribution in [2.45, 2.75) is 12.6 Å². The van der Waals surface area contributed by atoms with E-state index in [2.05, 4.69) is 21.2 Å². The monoisotopic (exact) mass is 350 g/mol. The molecule has 2 heterocycles. The van der Waals surface area contributed by atoms with E-state index in [0.29, 0.717) is 18.2 Å². The molecule has 0 unspecified atom stereocenters. The quantitative estimate of drug-likeness (QED) is 0.876. The highest BCUT2D eigenvalue weighted by molar-refractivity contribution is 9.11. The fraction of sp³-hybridized carbons (Fsp3) is 0.400. The Morgan fingerprint density at radius 3 is 2.94 bits per heavy atom. The summed E-state index contributed by atoms with van der Waals surface area (Å²) in [6, 6.07) is 2.79. The minimum absolute atomic E-state index is 0.322. The van der Waals surface area contributed by atoms with E-state index in [-0.39, 0.29) is 6.03 Å². The zero-order valence-corrected chi connectivity index (χ0v) is 12.5. The van der Waals surface area contributed by atoms with Crippen molar-refractivity contribution in [1.29, 1.82) is 0 Å². The van der Waals surface area contributed by atoms with Gasteiger partial charge >= 0.3 is 12.0 Å². The first-order chi connectivity index (χ1) is 8.58. The molecule has 2 amide bonds. The van der Waals surface area contributed by atoms with Crippen LogP contribution in [-0.4, -0.2) is 39.7 Å². The third-order valence-electron chi connectivity index (χ3n) is 2.47. The van der Waals surface area contributed by atoms with Crippen molar-refractivity contribution in [1.82, 2.24) is 10.2 Å². The summed E-state index contributed by atoms with van der Waals surface area (Å²) in [7, 11) is 0. The van der Waals surface area contributed by atoms with E-state index >= 15 is 0 Å². The summed E-state index contributed by atoms with van der Waals surface area (Å²) in [6.07, 6.45) is 0. The van der Waals surface area contributed by atoms with Gasteiger partial charge in [-0.25, -0.2) is 9.59 Å². The largest absolute Gasteiger partial charge is 0.480 e. The summed E-state index contributed by atoms with van der Waals surface area (Å²) in [4.78, 5) is 25.2. The number of rotatable bonds is 3. The molecule has 1 aromatic heterocycles. The maximum atomic E-state index is 11.9. The van der Waals surface area contributed by atoms with Gasteiger partial charge in [-0.05, 0) is 28.1 Å². The van der Waals surface area contributed by atoms with Crippen molar-refractivity contribution in [2.75, 3.05) is 11.6 Å². The number of nitrogens with zero attached hydrogens (tertiary/aromatic N) is 1. The van der Waals surface area contributed by atoms with Crippen molar-refractivity contribution >= 4 is 51.0 Å². The van der Waals surface area contributed by atoms with Gasteiger partial charge in [-0.2, -0.15) is 0 Å². The molecule has 1 saturated heterocycles. The Bertz CT molecular complexity index is 466. The fourth-order valence-electron chi connectivity index (χ4n) is 1.56. The van der Waals surface area contributed by atoms with Crippen molar-refractivity contribution < 1.29 is 14.7 Å². The Labute approximate surface area is 121 Å². The zero-order valence-electron chi connectivity index (χ0n) is 9.26. The molecule has 0 saturated carbocycles. The standard InChI is InChI=1S/C10H11BrN2O3S2/c11-8-2-1-6(18-8)3-12-10(16)13-5-17-4-7(13)9(14)15/h1-2,7H,3-5H2,(H,12,16)(H,14,15)/t7-/m0/s1. The van der Waals surface area contributed by atoms with Crippen LogP contribution in [0.3, 0.4) is 0 Å². The zero-order chi connectivity index (χ0) is 13.1. The molecular weight excluding hydrogens is 340 g/mol. The fourth-order valence-corrected chi connectivity index (χ4v) is 4.13. The molecule has 18 heavy (non-hydrogen) atoms. The average molecular weight is 351 g/mol. The van der Waals surface area contributed by atoms with Crippen LogP contribution >= 0.6 is 39.0 Å². The predicted octanol–water partition coefficient (Wildman–Crippen LogP) is 2.18. The van der Waals surface area contributed by atoms with Crippen LogP contribution in [-0.2, 0) is 11.3 Å². The Morgan fingerprint density at radius 1 is 1.56 bits per heavy atom. The van der Waals surface area contributed by atoms with Crippen molar-refractivity contribution in [2.24, 2.45) is 0 Å². The topological polar surface area (TPSA) is 69.6 Å². The van der Waals surface area contributed by atoms with Crippen LogP contribution in [0.2, 0.25) is 0 Å². The number of carboxylic acids is 1. The highest BCUT2D eigenvalue weighted by atomic mass is 79.9. The van der Waals surface area contributed by atoms with Crippen LogP contribution in [0, 0.1) is 0 Å². The third-order valence-corrected chi connectivity index (χ3v) is 5.11. The molecule has 1 fully saturated rings. The van der Waals surface area contributed by atoms with Gasteiger partial charge in [0.05, 0.1) is 16.2 Å². The van der Waals surface area contributed by atoms with Crippen molar-refractivity contribution in [3.8, 4) is 0 Å². The van der Waals surface area contributed by atoms with E-state index in [0.717, 1.165) is 8.66 Å². The van der Waals surface area contributed by atoms with Gasteiger partial charge < -0.3 is 15.3 Å². The second-order valence-electron chi connectivity index (χ2n) is 3.69. The predicted molar refractivity (Wildman–Crippen MR) is 74.8 cm³/mol. The number of hydrogen-bond donors (Lipinski definition) is 2. The molecule has 0 spiro atoms. The number of aliphatic carboxylic acids is 1.